The third-order valence-electron chi connectivity index (χ3n) is 2.69. The Morgan fingerprint density at radius 3 is 2.50 bits per heavy atom. The van der Waals surface area contributed by atoms with E-state index in [-0.39, 0.29) is 0 Å². The number of rotatable bonds is 3. The Bertz CT molecular complexity index is 471. The number of aryl methyl sites for hydroxylation is 1. The maximum atomic E-state index is 5.89. The number of aromatic nitrogens is 1. The van der Waals surface area contributed by atoms with Gasteiger partial charge in [-0.1, -0.05) is 23.7 Å². The van der Waals surface area contributed by atoms with E-state index < -0.39 is 0 Å². The van der Waals surface area contributed by atoms with E-state index in [9.17, 15) is 0 Å². The average Bonchev–Trinajstić information content (AvgIpc) is 2.62. The van der Waals surface area contributed by atoms with Crippen LogP contribution in [-0.2, 0) is 13.5 Å². The molecule has 2 N–H and O–H groups in total. The van der Waals surface area contributed by atoms with Crippen LogP contribution in [-0.4, -0.2) is 11.1 Å². The van der Waals surface area contributed by atoms with E-state index in [0.717, 1.165) is 11.4 Å². The molecule has 2 nitrogen and oxygen atoms in total. The first-order valence-corrected chi connectivity index (χ1v) is 5.70. The van der Waals surface area contributed by atoms with E-state index in [1.807, 2.05) is 31.3 Å². The lowest BCUT2D eigenvalue weighted by atomic mass is 10.1. The van der Waals surface area contributed by atoms with Crippen LogP contribution in [0, 0.1) is 0 Å². The van der Waals surface area contributed by atoms with Crippen LogP contribution < -0.4 is 5.73 Å². The van der Waals surface area contributed by atoms with Crippen molar-refractivity contribution in [2.75, 3.05) is 6.54 Å². The van der Waals surface area contributed by atoms with Crippen molar-refractivity contribution < 1.29 is 0 Å². The van der Waals surface area contributed by atoms with Crippen LogP contribution in [0.1, 0.15) is 5.56 Å². The van der Waals surface area contributed by atoms with Gasteiger partial charge in [-0.25, -0.2) is 0 Å². The lowest BCUT2D eigenvalue weighted by Crippen LogP contribution is -2.03. The molecule has 0 spiro atoms. The van der Waals surface area contributed by atoms with Crippen molar-refractivity contribution in [2.45, 2.75) is 6.42 Å². The summed E-state index contributed by atoms with van der Waals surface area (Å²) in [6.45, 7) is 0.671. The summed E-state index contributed by atoms with van der Waals surface area (Å²) < 4.78 is 2.12. The Labute approximate surface area is 101 Å². The van der Waals surface area contributed by atoms with E-state index in [2.05, 4.69) is 16.8 Å². The van der Waals surface area contributed by atoms with Crippen molar-refractivity contribution in [3.63, 3.8) is 0 Å². The molecule has 0 aliphatic heterocycles. The van der Waals surface area contributed by atoms with Gasteiger partial charge in [0, 0.05) is 18.3 Å². The van der Waals surface area contributed by atoms with Gasteiger partial charge in [0.25, 0.3) is 0 Å². The second-order valence-electron chi connectivity index (χ2n) is 3.85. The largest absolute Gasteiger partial charge is 0.350 e. The van der Waals surface area contributed by atoms with Gasteiger partial charge in [0.15, 0.2) is 0 Å². The van der Waals surface area contributed by atoms with Crippen molar-refractivity contribution in [1.82, 2.24) is 4.57 Å². The summed E-state index contributed by atoms with van der Waals surface area (Å²) in [6.07, 6.45) is 2.97. The Balaban J connectivity index is 2.45. The molecule has 16 heavy (non-hydrogen) atoms. The zero-order valence-electron chi connectivity index (χ0n) is 9.28. The fraction of sp³-hybridized carbons (Fsp3) is 0.231. The number of halogens is 1. The fourth-order valence-corrected chi connectivity index (χ4v) is 2.06. The molecule has 0 saturated heterocycles. The number of benzene rings is 1. The molecular formula is C13H15ClN2. The van der Waals surface area contributed by atoms with Gasteiger partial charge in [-0.3, -0.25) is 0 Å². The summed E-state index contributed by atoms with van der Waals surface area (Å²) in [5.74, 6) is 0. The Morgan fingerprint density at radius 2 is 1.88 bits per heavy atom. The molecule has 2 aromatic rings. The van der Waals surface area contributed by atoms with E-state index in [4.69, 9.17) is 17.3 Å². The number of nitrogens with zero attached hydrogens (tertiary/aromatic N) is 1. The van der Waals surface area contributed by atoms with Crippen molar-refractivity contribution in [3.8, 4) is 11.3 Å². The van der Waals surface area contributed by atoms with Crippen molar-refractivity contribution >= 4 is 11.6 Å². The van der Waals surface area contributed by atoms with Crippen LogP contribution in [0.15, 0.2) is 36.5 Å². The van der Waals surface area contributed by atoms with Crippen LogP contribution in [0.5, 0.6) is 0 Å². The predicted molar refractivity (Wildman–Crippen MR) is 68.6 cm³/mol. The molecule has 0 radical (unpaired) electrons. The van der Waals surface area contributed by atoms with Gasteiger partial charge in [0.2, 0.25) is 0 Å². The molecule has 0 atom stereocenters. The molecule has 0 bridgehead atoms. The first-order valence-electron chi connectivity index (χ1n) is 5.32. The molecule has 0 fully saturated rings. The Kier molecular flexibility index (Phi) is 3.32. The second kappa shape index (κ2) is 4.73. The molecule has 1 aromatic heterocycles. The van der Waals surface area contributed by atoms with Crippen LogP contribution in [0.3, 0.4) is 0 Å². The topological polar surface area (TPSA) is 30.9 Å². The fourth-order valence-electron chi connectivity index (χ4n) is 1.94. The number of nitrogens with two attached hydrogens (primary N) is 1. The summed E-state index contributed by atoms with van der Waals surface area (Å²) >= 11 is 5.89. The molecule has 0 saturated carbocycles. The minimum Gasteiger partial charge on any atom is -0.350 e. The monoisotopic (exact) mass is 234 g/mol. The zero-order chi connectivity index (χ0) is 11.5. The van der Waals surface area contributed by atoms with Gasteiger partial charge in [-0.15, -0.1) is 0 Å². The van der Waals surface area contributed by atoms with Crippen LogP contribution in [0.25, 0.3) is 11.3 Å². The maximum absolute atomic E-state index is 5.89. The van der Waals surface area contributed by atoms with Crippen LogP contribution in [0.4, 0.5) is 0 Å². The van der Waals surface area contributed by atoms with Crippen LogP contribution in [0.2, 0.25) is 5.02 Å². The van der Waals surface area contributed by atoms with E-state index >= 15 is 0 Å². The zero-order valence-corrected chi connectivity index (χ0v) is 10.0. The number of hydrogen-bond donors (Lipinski definition) is 1. The molecule has 0 unspecified atom stereocenters. The average molecular weight is 235 g/mol. The quantitative estimate of drug-likeness (QED) is 0.870. The first-order chi connectivity index (χ1) is 7.72. The highest BCUT2D eigenvalue weighted by Crippen LogP contribution is 2.25. The van der Waals surface area contributed by atoms with E-state index in [1.54, 1.807) is 0 Å². The molecule has 1 aromatic carbocycles. The third kappa shape index (κ3) is 2.13. The summed E-state index contributed by atoms with van der Waals surface area (Å²) in [5, 5.41) is 0.762. The SMILES string of the molecule is Cn1ccc(CCN)c1-c1ccc(Cl)cc1. The summed E-state index contributed by atoms with van der Waals surface area (Å²) in [7, 11) is 2.05. The Hall–Kier alpha value is -1.25. The molecule has 1 heterocycles. The molecular weight excluding hydrogens is 220 g/mol. The van der Waals surface area contributed by atoms with Gasteiger partial charge in [0.05, 0.1) is 5.69 Å². The van der Waals surface area contributed by atoms with E-state index in [1.165, 1.54) is 16.8 Å². The van der Waals surface area contributed by atoms with Gasteiger partial charge >= 0.3 is 0 Å². The highest BCUT2D eigenvalue weighted by Gasteiger charge is 2.08. The maximum Gasteiger partial charge on any atom is 0.0510 e. The lowest BCUT2D eigenvalue weighted by Gasteiger charge is -2.07. The smallest absolute Gasteiger partial charge is 0.0510 e. The minimum atomic E-state index is 0.671. The summed E-state index contributed by atoms with van der Waals surface area (Å²) in [6, 6.07) is 10.0. The first kappa shape index (κ1) is 11.2. The molecule has 2 rings (SSSR count). The van der Waals surface area contributed by atoms with Crippen molar-refractivity contribution in [3.05, 3.63) is 47.1 Å². The third-order valence-corrected chi connectivity index (χ3v) is 2.94. The van der Waals surface area contributed by atoms with Crippen LogP contribution >= 0.6 is 11.6 Å². The normalized spacial score (nSPS) is 10.7. The molecule has 0 aliphatic carbocycles. The molecule has 0 amide bonds. The van der Waals surface area contributed by atoms with Gasteiger partial charge < -0.3 is 10.3 Å². The lowest BCUT2D eigenvalue weighted by molar-refractivity contribution is 0.917. The molecule has 0 aliphatic rings. The van der Waals surface area contributed by atoms with E-state index in [0.29, 0.717) is 6.54 Å². The summed E-state index contributed by atoms with van der Waals surface area (Å²) in [5.41, 5.74) is 9.30. The minimum absolute atomic E-state index is 0.671. The molecule has 84 valence electrons. The van der Waals surface area contributed by atoms with Crippen molar-refractivity contribution in [2.24, 2.45) is 12.8 Å². The summed E-state index contributed by atoms with van der Waals surface area (Å²) in [4.78, 5) is 0. The highest BCUT2D eigenvalue weighted by atomic mass is 35.5. The van der Waals surface area contributed by atoms with Crippen molar-refractivity contribution in [1.29, 1.82) is 0 Å². The second-order valence-corrected chi connectivity index (χ2v) is 4.28. The molecule has 3 heteroatoms. The van der Waals surface area contributed by atoms with Gasteiger partial charge in [0.1, 0.15) is 0 Å². The Morgan fingerprint density at radius 1 is 1.19 bits per heavy atom. The highest BCUT2D eigenvalue weighted by molar-refractivity contribution is 6.30. The number of hydrogen-bond acceptors (Lipinski definition) is 1. The van der Waals surface area contributed by atoms with Gasteiger partial charge in [-0.2, -0.15) is 0 Å². The van der Waals surface area contributed by atoms with Gasteiger partial charge in [-0.05, 0) is 42.3 Å². The standard InChI is InChI=1S/C13H15ClN2/c1-16-9-7-11(6-8-15)13(16)10-2-4-12(14)5-3-10/h2-5,7,9H,6,8,15H2,1H3. The predicted octanol–water partition coefficient (Wildman–Crippen LogP) is 2.85.